The monoisotopic (exact) mass is 446 g/mol. The summed E-state index contributed by atoms with van der Waals surface area (Å²) in [5, 5.41) is 6.00. The molecule has 9 nitrogen and oxygen atoms in total. The smallest absolute Gasteiger partial charge is 0.167 e. The molecule has 2 fully saturated rings. The van der Waals surface area contributed by atoms with Gasteiger partial charge < -0.3 is 25.3 Å². The molecule has 2 aliphatic heterocycles. The van der Waals surface area contributed by atoms with Crippen LogP contribution in [0.1, 0.15) is 25.6 Å². The quantitative estimate of drug-likeness (QED) is 0.482. The standard InChI is InChI=1S/C24H26N6O3/c1-24(2)32-19-17(11-26-10-14-7-8-15-5-3-4-6-16(15)9-14)31-23(20(19)33-24)30-13-29-18-21(25)27-12-28-22(18)30/h3-9,12-13,17,19-20,23,26H,10-11H2,1-2H3,(H2,25,27,28)/t17-,19-,20-,23-/m1/s1. The molecule has 0 saturated carbocycles. The highest BCUT2D eigenvalue weighted by molar-refractivity contribution is 5.83. The number of benzene rings is 2. The fourth-order valence-electron chi connectivity index (χ4n) is 4.81. The van der Waals surface area contributed by atoms with Gasteiger partial charge in [-0.1, -0.05) is 36.4 Å². The van der Waals surface area contributed by atoms with Gasteiger partial charge in [0, 0.05) is 13.1 Å². The predicted molar refractivity (Wildman–Crippen MR) is 123 cm³/mol. The maximum Gasteiger partial charge on any atom is 0.167 e. The van der Waals surface area contributed by atoms with E-state index < -0.39 is 12.0 Å². The molecule has 0 unspecified atom stereocenters. The Labute approximate surface area is 190 Å². The van der Waals surface area contributed by atoms with Gasteiger partial charge in [0.15, 0.2) is 23.5 Å². The van der Waals surface area contributed by atoms with Crippen molar-refractivity contribution in [3.8, 4) is 0 Å². The molecule has 4 heterocycles. The van der Waals surface area contributed by atoms with Gasteiger partial charge in [0.05, 0.1) is 6.33 Å². The summed E-state index contributed by atoms with van der Waals surface area (Å²) in [6.07, 6.45) is 1.98. The van der Waals surface area contributed by atoms with Crippen molar-refractivity contribution in [2.24, 2.45) is 0 Å². The van der Waals surface area contributed by atoms with E-state index in [1.807, 2.05) is 18.4 Å². The summed E-state index contributed by atoms with van der Waals surface area (Å²) in [7, 11) is 0. The molecule has 4 aromatic rings. The maximum absolute atomic E-state index is 6.43. The first-order valence-electron chi connectivity index (χ1n) is 11.1. The molecule has 0 radical (unpaired) electrons. The Morgan fingerprint density at radius 3 is 2.73 bits per heavy atom. The number of hydrogen-bond acceptors (Lipinski definition) is 8. The Bertz CT molecular complexity index is 1320. The number of nitrogens with one attached hydrogen (secondary N) is 1. The molecular formula is C24H26N6O3. The lowest BCUT2D eigenvalue weighted by Crippen LogP contribution is -2.37. The van der Waals surface area contributed by atoms with Crippen LogP contribution in [0.5, 0.6) is 0 Å². The largest absolute Gasteiger partial charge is 0.382 e. The van der Waals surface area contributed by atoms with E-state index in [-0.39, 0.29) is 18.3 Å². The van der Waals surface area contributed by atoms with Gasteiger partial charge in [-0.25, -0.2) is 15.0 Å². The van der Waals surface area contributed by atoms with Crippen LogP contribution in [-0.4, -0.2) is 50.2 Å². The Balaban J connectivity index is 1.21. The van der Waals surface area contributed by atoms with Gasteiger partial charge in [-0.15, -0.1) is 0 Å². The lowest BCUT2D eigenvalue weighted by molar-refractivity contribution is -0.195. The van der Waals surface area contributed by atoms with Crippen LogP contribution in [0.2, 0.25) is 0 Å². The van der Waals surface area contributed by atoms with E-state index in [2.05, 4.69) is 62.7 Å². The number of imidazole rings is 1. The second-order valence-electron chi connectivity index (χ2n) is 9.03. The number of fused-ring (bicyclic) bond motifs is 3. The summed E-state index contributed by atoms with van der Waals surface area (Å²) in [6.45, 7) is 5.20. The summed E-state index contributed by atoms with van der Waals surface area (Å²) in [6, 6.07) is 14.9. The molecule has 9 heteroatoms. The molecule has 0 bridgehead atoms. The highest BCUT2D eigenvalue weighted by Gasteiger charge is 2.55. The molecule has 6 rings (SSSR count). The van der Waals surface area contributed by atoms with E-state index in [0.717, 1.165) is 6.54 Å². The number of nitrogens with zero attached hydrogens (tertiary/aromatic N) is 4. The van der Waals surface area contributed by atoms with Crippen LogP contribution < -0.4 is 11.1 Å². The van der Waals surface area contributed by atoms with Crippen molar-refractivity contribution in [3.05, 3.63) is 60.7 Å². The van der Waals surface area contributed by atoms with E-state index in [9.17, 15) is 0 Å². The van der Waals surface area contributed by atoms with Gasteiger partial charge in [-0.3, -0.25) is 4.57 Å². The zero-order chi connectivity index (χ0) is 22.6. The third kappa shape index (κ3) is 3.63. The molecule has 2 aliphatic rings. The van der Waals surface area contributed by atoms with Crippen LogP contribution in [0.4, 0.5) is 5.82 Å². The Kier molecular flexibility index (Phi) is 4.81. The van der Waals surface area contributed by atoms with Crippen LogP contribution >= 0.6 is 0 Å². The molecular weight excluding hydrogens is 420 g/mol. The Morgan fingerprint density at radius 1 is 1.03 bits per heavy atom. The summed E-state index contributed by atoms with van der Waals surface area (Å²) in [5.41, 5.74) is 8.35. The van der Waals surface area contributed by atoms with Gasteiger partial charge in [0.25, 0.3) is 0 Å². The van der Waals surface area contributed by atoms with Crippen molar-refractivity contribution in [2.45, 2.75) is 50.7 Å². The fourth-order valence-corrected chi connectivity index (χ4v) is 4.81. The summed E-state index contributed by atoms with van der Waals surface area (Å²) < 4.78 is 20.8. The number of rotatable bonds is 5. The normalized spacial score (nSPS) is 26.2. The Hall–Kier alpha value is -3.11. The lowest BCUT2D eigenvalue weighted by atomic mass is 10.1. The number of nitrogens with two attached hydrogens (primary N) is 1. The zero-order valence-electron chi connectivity index (χ0n) is 18.5. The van der Waals surface area contributed by atoms with Crippen LogP contribution in [0.15, 0.2) is 55.1 Å². The first-order valence-corrected chi connectivity index (χ1v) is 11.1. The number of ether oxygens (including phenoxy) is 3. The van der Waals surface area contributed by atoms with Crippen molar-refractivity contribution in [2.75, 3.05) is 12.3 Å². The van der Waals surface area contributed by atoms with Crippen molar-refractivity contribution >= 4 is 27.8 Å². The van der Waals surface area contributed by atoms with E-state index in [1.165, 1.54) is 22.7 Å². The Morgan fingerprint density at radius 2 is 1.85 bits per heavy atom. The van der Waals surface area contributed by atoms with E-state index >= 15 is 0 Å². The van der Waals surface area contributed by atoms with Crippen LogP contribution in [0.25, 0.3) is 21.9 Å². The van der Waals surface area contributed by atoms with E-state index in [4.69, 9.17) is 19.9 Å². The molecule has 2 saturated heterocycles. The van der Waals surface area contributed by atoms with Gasteiger partial charge in [-0.05, 0) is 36.2 Å². The van der Waals surface area contributed by atoms with Crippen molar-refractivity contribution < 1.29 is 14.2 Å². The van der Waals surface area contributed by atoms with E-state index in [1.54, 1.807) is 6.33 Å². The first-order chi connectivity index (χ1) is 16.0. The third-order valence-corrected chi connectivity index (χ3v) is 6.28. The van der Waals surface area contributed by atoms with Gasteiger partial charge in [0.1, 0.15) is 30.2 Å². The predicted octanol–water partition coefficient (Wildman–Crippen LogP) is 2.77. The van der Waals surface area contributed by atoms with Gasteiger partial charge in [0.2, 0.25) is 0 Å². The number of nitrogen functional groups attached to an aromatic ring is 1. The lowest BCUT2D eigenvalue weighted by Gasteiger charge is -2.25. The summed E-state index contributed by atoms with van der Waals surface area (Å²) >= 11 is 0. The van der Waals surface area contributed by atoms with Crippen LogP contribution in [0.3, 0.4) is 0 Å². The highest BCUT2D eigenvalue weighted by Crippen LogP contribution is 2.43. The minimum Gasteiger partial charge on any atom is -0.382 e. The SMILES string of the molecule is CC1(C)O[C@@H]2[C@H](O1)[C@@H](CNCc1ccc3ccccc3c1)O[C@H]2n1cnc2c(N)ncnc21. The highest BCUT2D eigenvalue weighted by atomic mass is 16.8. The fraction of sp³-hybridized carbons (Fsp3) is 0.375. The molecule has 33 heavy (non-hydrogen) atoms. The second-order valence-corrected chi connectivity index (χ2v) is 9.03. The summed E-state index contributed by atoms with van der Waals surface area (Å²) in [5.74, 6) is -0.357. The summed E-state index contributed by atoms with van der Waals surface area (Å²) in [4.78, 5) is 12.8. The zero-order valence-corrected chi connectivity index (χ0v) is 18.5. The minimum absolute atomic E-state index is 0.195. The van der Waals surface area contributed by atoms with Crippen LogP contribution in [-0.2, 0) is 20.8 Å². The molecule has 0 aliphatic carbocycles. The number of anilines is 1. The average Bonchev–Trinajstić information content (AvgIpc) is 3.46. The second kappa shape index (κ2) is 7.74. The molecule has 0 amide bonds. The minimum atomic E-state index is -0.696. The molecule has 3 N–H and O–H groups in total. The molecule has 170 valence electrons. The van der Waals surface area contributed by atoms with Gasteiger partial charge >= 0.3 is 0 Å². The third-order valence-electron chi connectivity index (χ3n) is 6.28. The van der Waals surface area contributed by atoms with Crippen molar-refractivity contribution in [1.82, 2.24) is 24.8 Å². The topological polar surface area (TPSA) is 109 Å². The molecule has 2 aromatic heterocycles. The number of aromatic nitrogens is 4. The van der Waals surface area contributed by atoms with E-state index in [0.29, 0.717) is 23.5 Å². The molecule has 4 atom stereocenters. The molecule has 2 aromatic carbocycles. The first kappa shape index (κ1) is 20.5. The molecule has 0 spiro atoms. The van der Waals surface area contributed by atoms with Crippen molar-refractivity contribution in [3.63, 3.8) is 0 Å². The average molecular weight is 447 g/mol. The maximum atomic E-state index is 6.43. The van der Waals surface area contributed by atoms with Crippen LogP contribution in [0, 0.1) is 0 Å². The van der Waals surface area contributed by atoms with Gasteiger partial charge in [-0.2, -0.15) is 0 Å². The number of hydrogen-bond donors (Lipinski definition) is 2. The van der Waals surface area contributed by atoms with Crippen molar-refractivity contribution in [1.29, 1.82) is 0 Å².